The molecule has 1 atom stereocenters. The van der Waals surface area contributed by atoms with E-state index in [1.165, 1.54) is 36.6 Å². The molecule has 6 nitrogen and oxygen atoms in total. The van der Waals surface area contributed by atoms with Gasteiger partial charge in [0, 0.05) is 24.0 Å². The molecule has 2 aromatic rings. The van der Waals surface area contributed by atoms with Crippen molar-refractivity contribution in [2.75, 3.05) is 39.3 Å². The lowest BCUT2D eigenvalue weighted by molar-refractivity contribution is -0.166. The Hall–Kier alpha value is -2.34. The molecule has 4 rings (SSSR count). The minimum absolute atomic E-state index is 0.0540. The first-order valence-corrected chi connectivity index (χ1v) is 12.4. The molecule has 2 aliphatic heterocycles. The van der Waals surface area contributed by atoms with E-state index in [-0.39, 0.29) is 18.4 Å². The lowest BCUT2D eigenvalue weighted by Gasteiger charge is -2.49. The molecule has 0 unspecified atom stereocenters. The number of nitrogens with zero attached hydrogens (tertiary/aromatic N) is 3. The summed E-state index contributed by atoms with van der Waals surface area (Å²) in [5, 5.41) is 1.17. The van der Waals surface area contributed by atoms with E-state index in [0.717, 1.165) is 43.7 Å². The summed E-state index contributed by atoms with van der Waals surface area (Å²) in [4.78, 5) is 36.5. The number of hydrogen-bond acceptors (Lipinski definition) is 3. The van der Waals surface area contributed by atoms with Crippen LogP contribution in [0.2, 0.25) is 0 Å². The van der Waals surface area contributed by atoms with Crippen LogP contribution in [0.25, 0.3) is 10.9 Å². The largest absolute Gasteiger partial charge is 0.356 e. The first kappa shape index (κ1) is 22.8. The fraction of sp³-hybridized carbons (Fsp3) is 0.615. The van der Waals surface area contributed by atoms with Crippen LogP contribution in [-0.2, 0) is 21.5 Å². The molecular weight excluding hydrogens is 400 g/mol. The number of aromatic nitrogens is 1. The summed E-state index contributed by atoms with van der Waals surface area (Å²) in [5.41, 5.74) is 2.19. The Kier molecular flexibility index (Phi) is 6.89. The first-order chi connectivity index (χ1) is 15.5. The average Bonchev–Trinajstić information content (AvgIpc) is 3.18. The number of fused-ring (bicyclic) bond motifs is 5. The van der Waals surface area contributed by atoms with Crippen molar-refractivity contribution >= 4 is 22.7 Å². The van der Waals surface area contributed by atoms with Crippen LogP contribution < -0.4 is 0 Å². The van der Waals surface area contributed by atoms with Gasteiger partial charge in [-0.3, -0.25) is 9.59 Å². The molecule has 1 N–H and O–H groups in total. The number of nitrogens with one attached hydrogen (secondary N) is 1. The fourth-order valence-corrected chi connectivity index (χ4v) is 5.45. The normalized spacial score (nSPS) is 20.9. The van der Waals surface area contributed by atoms with E-state index in [9.17, 15) is 9.59 Å². The summed E-state index contributed by atoms with van der Waals surface area (Å²) in [6.45, 7) is 11.0. The van der Waals surface area contributed by atoms with Crippen molar-refractivity contribution in [2.24, 2.45) is 0 Å². The van der Waals surface area contributed by atoms with E-state index < -0.39 is 5.54 Å². The van der Waals surface area contributed by atoms with Gasteiger partial charge in [-0.15, -0.1) is 0 Å². The molecule has 6 heteroatoms. The van der Waals surface area contributed by atoms with Gasteiger partial charge in [-0.2, -0.15) is 0 Å². The SMILES string of the molecule is CCCCN(CCCC)CCCN1CC(=O)N2CCc3c([nH]c4ccccc34)[C@@]2(C)C1=O. The second-order valence-corrected chi connectivity index (χ2v) is 9.52. The topological polar surface area (TPSA) is 59.6 Å². The van der Waals surface area contributed by atoms with Gasteiger partial charge < -0.3 is 19.7 Å². The van der Waals surface area contributed by atoms with Crippen molar-refractivity contribution in [1.82, 2.24) is 19.7 Å². The Balaban J connectivity index is 1.51. The second-order valence-electron chi connectivity index (χ2n) is 9.52. The van der Waals surface area contributed by atoms with Crippen molar-refractivity contribution in [2.45, 2.75) is 64.8 Å². The van der Waals surface area contributed by atoms with Crippen LogP contribution in [0.4, 0.5) is 0 Å². The van der Waals surface area contributed by atoms with Crippen molar-refractivity contribution in [3.05, 3.63) is 35.5 Å². The minimum atomic E-state index is -0.938. The van der Waals surface area contributed by atoms with Gasteiger partial charge >= 0.3 is 0 Å². The van der Waals surface area contributed by atoms with E-state index in [4.69, 9.17) is 0 Å². The Morgan fingerprint density at radius 3 is 2.44 bits per heavy atom. The van der Waals surface area contributed by atoms with E-state index >= 15 is 0 Å². The second kappa shape index (κ2) is 9.65. The highest BCUT2D eigenvalue weighted by Crippen LogP contribution is 2.41. The number of aromatic amines is 1. The highest BCUT2D eigenvalue weighted by molar-refractivity contribution is 6.00. The molecular formula is C26H38N4O2. The number of para-hydroxylation sites is 1. The summed E-state index contributed by atoms with van der Waals surface area (Å²) in [6.07, 6.45) is 6.51. The average molecular weight is 439 g/mol. The predicted molar refractivity (Wildman–Crippen MR) is 129 cm³/mol. The van der Waals surface area contributed by atoms with Crippen molar-refractivity contribution in [3.63, 3.8) is 0 Å². The smallest absolute Gasteiger partial charge is 0.254 e. The lowest BCUT2D eigenvalue weighted by atomic mass is 9.83. The number of H-pyrrole nitrogens is 1. The lowest BCUT2D eigenvalue weighted by Crippen LogP contribution is -2.67. The molecule has 0 radical (unpaired) electrons. The molecule has 174 valence electrons. The molecule has 32 heavy (non-hydrogen) atoms. The van der Waals surface area contributed by atoms with Gasteiger partial charge in [0.25, 0.3) is 5.91 Å². The summed E-state index contributed by atoms with van der Waals surface area (Å²) < 4.78 is 0. The van der Waals surface area contributed by atoms with Crippen LogP contribution in [0.3, 0.4) is 0 Å². The highest BCUT2D eigenvalue weighted by atomic mass is 16.2. The molecule has 3 heterocycles. The first-order valence-electron chi connectivity index (χ1n) is 12.4. The molecule has 2 aliphatic rings. The third-order valence-electron chi connectivity index (χ3n) is 7.31. The van der Waals surface area contributed by atoms with Crippen molar-refractivity contribution < 1.29 is 9.59 Å². The fourth-order valence-electron chi connectivity index (χ4n) is 5.45. The zero-order chi connectivity index (χ0) is 22.7. The van der Waals surface area contributed by atoms with Crippen molar-refractivity contribution in [1.29, 1.82) is 0 Å². The van der Waals surface area contributed by atoms with Gasteiger partial charge in [0.15, 0.2) is 5.54 Å². The molecule has 0 aliphatic carbocycles. The quantitative estimate of drug-likeness (QED) is 0.612. The van der Waals surface area contributed by atoms with Gasteiger partial charge in [-0.25, -0.2) is 0 Å². The standard InChI is InChI=1S/C26H38N4O2/c1-4-6-14-28(15-7-5-2)16-10-17-29-19-23(31)30-18-13-21-20-11-8-9-12-22(20)27-24(21)26(30,3)25(29)32/h8-9,11-12,27H,4-7,10,13-19H2,1-3H3/t26-/m0/s1. The van der Waals surface area contributed by atoms with Gasteiger partial charge in [-0.05, 0) is 63.9 Å². The molecule has 1 aromatic heterocycles. The number of carbonyl (C=O) groups excluding carboxylic acids is 2. The number of rotatable bonds is 10. The predicted octanol–water partition coefficient (Wildman–Crippen LogP) is 3.90. The van der Waals surface area contributed by atoms with Crippen LogP contribution in [0.1, 0.15) is 64.1 Å². The Bertz CT molecular complexity index is 960. The van der Waals surface area contributed by atoms with Gasteiger partial charge in [0.05, 0.1) is 12.2 Å². The van der Waals surface area contributed by atoms with Gasteiger partial charge in [0.2, 0.25) is 5.91 Å². The van der Waals surface area contributed by atoms with E-state index in [0.29, 0.717) is 13.1 Å². The number of hydrogen-bond donors (Lipinski definition) is 1. The molecule has 0 spiro atoms. The zero-order valence-corrected chi connectivity index (χ0v) is 20.0. The van der Waals surface area contributed by atoms with Crippen LogP contribution in [0, 0.1) is 0 Å². The maximum atomic E-state index is 13.8. The summed E-state index contributed by atoms with van der Waals surface area (Å²) in [7, 11) is 0. The maximum Gasteiger partial charge on any atom is 0.254 e. The molecule has 0 saturated carbocycles. The molecule has 1 fully saturated rings. The highest BCUT2D eigenvalue weighted by Gasteiger charge is 2.53. The third-order valence-corrected chi connectivity index (χ3v) is 7.31. The van der Waals surface area contributed by atoms with Gasteiger partial charge in [-0.1, -0.05) is 44.9 Å². The molecule has 0 bridgehead atoms. The summed E-state index contributed by atoms with van der Waals surface area (Å²) >= 11 is 0. The van der Waals surface area contributed by atoms with Crippen LogP contribution in [0.5, 0.6) is 0 Å². The monoisotopic (exact) mass is 438 g/mol. The summed E-state index contributed by atoms with van der Waals surface area (Å²) in [5.74, 6) is 0.114. The number of unbranched alkanes of at least 4 members (excludes halogenated alkanes) is 2. The number of amides is 2. The number of piperazine rings is 1. The van der Waals surface area contributed by atoms with Crippen molar-refractivity contribution in [3.8, 4) is 0 Å². The maximum absolute atomic E-state index is 13.8. The van der Waals surface area contributed by atoms with Gasteiger partial charge in [0.1, 0.15) is 0 Å². The molecule has 2 amide bonds. The Morgan fingerprint density at radius 2 is 1.72 bits per heavy atom. The van der Waals surface area contributed by atoms with Crippen LogP contribution in [-0.4, -0.2) is 70.8 Å². The Morgan fingerprint density at radius 1 is 1.03 bits per heavy atom. The Labute approximate surface area is 191 Å². The van der Waals surface area contributed by atoms with E-state index in [1.807, 2.05) is 19.1 Å². The number of carbonyl (C=O) groups is 2. The number of benzene rings is 1. The third kappa shape index (κ3) is 4.05. The van der Waals surface area contributed by atoms with Crippen LogP contribution >= 0.6 is 0 Å². The zero-order valence-electron chi connectivity index (χ0n) is 20.0. The minimum Gasteiger partial charge on any atom is -0.356 e. The van der Waals surface area contributed by atoms with E-state index in [2.05, 4.69) is 35.9 Å². The van der Waals surface area contributed by atoms with E-state index in [1.54, 1.807) is 9.80 Å². The molecule has 1 aromatic carbocycles. The van der Waals surface area contributed by atoms with Crippen LogP contribution in [0.15, 0.2) is 24.3 Å². The summed E-state index contributed by atoms with van der Waals surface area (Å²) in [6, 6.07) is 8.20. The molecule has 1 saturated heterocycles.